The van der Waals surface area contributed by atoms with Gasteiger partial charge in [-0.2, -0.15) is 5.10 Å². The summed E-state index contributed by atoms with van der Waals surface area (Å²) < 4.78 is 2.30. The smallest absolute Gasteiger partial charge is 0.414 e. The van der Waals surface area contributed by atoms with E-state index in [0.29, 0.717) is 21.6 Å². The maximum atomic E-state index is 12.0. The molecule has 0 aromatic carbocycles. The fourth-order valence-corrected chi connectivity index (χ4v) is 2.44. The van der Waals surface area contributed by atoms with Gasteiger partial charge in [-0.25, -0.2) is 19.4 Å². The average Bonchev–Trinajstić information content (AvgIpc) is 2.89. The Labute approximate surface area is 122 Å². The average molecular weight is 337 g/mol. The predicted molar refractivity (Wildman–Crippen MR) is 71.7 cm³/mol. The Balaban J connectivity index is 2.06. The van der Waals surface area contributed by atoms with E-state index in [-0.39, 0.29) is 6.54 Å². The van der Waals surface area contributed by atoms with E-state index in [0.717, 1.165) is 10.6 Å². The first kappa shape index (κ1) is 12.8. The maximum Gasteiger partial charge on any atom is 0.414 e. The molecule has 3 rings (SSSR count). The van der Waals surface area contributed by atoms with Crippen LogP contribution >= 0.6 is 15.9 Å². The molecule has 0 saturated heterocycles. The molecule has 0 spiro atoms. The largest absolute Gasteiger partial charge is 0.465 e. The Morgan fingerprint density at radius 3 is 2.75 bits per heavy atom. The van der Waals surface area contributed by atoms with E-state index in [1.54, 1.807) is 23.9 Å². The van der Waals surface area contributed by atoms with Gasteiger partial charge in [0.05, 0.1) is 35.4 Å². The lowest BCUT2D eigenvalue weighted by Gasteiger charge is -2.10. The number of fused-ring (bicyclic) bond motifs is 1. The van der Waals surface area contributed by atoms with E-state index in [1.165, 1.54) is 0 Å². The van der Waals surface area contributed by atoms with Gasteiger partial charge in [0.15, 0.2) is 0 Å². The number of carbonyl (C=O) groups is 2. The second-order valence-corrected chi connectivity index (χ2v) is 5.14. The van der Waals surface area contributed by atoms with Gasteiger partial charge in [-0.3, -0.25) is 4.79 Å². The first-order valence-electron chi connectivity index (χ1n) is 5.74. The minimum absolute atomic E-state index is 0.0126. The number of halogens is 1. The number of aromatic nitrogens is 3. The van der Waals surface area contributed by atoms with Crippen molar-refractivity contribution in [3.8, 4) is 5.69 Å². The van der Waals surface area contributed by atoms with Crippen LogP contribution in [-0.4, -0.2) is 36.8 Å². The number of pyridine rings is 1. The first-order chi connectivity index (χ1) is 9.49. The topological polar surface area (TPSA) is 88.3 Å². The number of carboxylic acid groups (broad SMARTS) is 1. The van der Waals surface area contributed by atoms with Crippen LogP contribution in [0.1, 0.15) is 21.7 Å². The molecular formula is C12H9BrN4O3. The van der Waals surface area contributed by atoms with Crippen LogP contribution in [0.25, 0.3) is 5.69 Å². The maximum absolute atomic E-state index is 12.0. The quantitative estimate of drug-likeness (QED) is 0.804. The summed E-state index contributed by atoms with van der Waals surface area (Å²) in [5, 5.41) is 13.2. The molecule has 0 saturated carbocycles. The zero-order valence-corrected chi connectivity index (χ0v) is 12.0. The summed E-state index contributed by atoms with van der Waals surface area (Å²) in [5.74, 6) is -0.527. The lowest BCUT2D eigenvalue weighted by atomic mass is 10.2. The molecule has 0 radical (unpaired) electrons. The van der Waals surface area contributed by atoms with Crippen LogP contribution in [0.2, 0.25) is 0 Å². The summed E-state index contributed by atoms with van der Waals surface area (Å²) in [6.07, 6.45) is 0.364. The Bertz CT molecular complexity index is 723. The van der Waals surface area contributed by atoms with Crippen LogP contribution in [0.15, 0.2) is 22.9 Å². The van der Waals surface area contributed by atoms with E-state index in [1.807, 2.05) is 6.07 Å². The highest BCUT2D eigenvalue weighted by molar-refractivity contribution is 9.10. The summed E-state index contributed by atoms with van der Waals surface area (Å²) in [7, 11) is 0. The molecule has 1 aliphatic heterocycles. The Kier molecular flexibility index (Phi) is 2.82. The minimum Gasteiger partial charge on any atom is -0.465 e. The van der Waals surface area contributed by atoms with Gasteiger partial charge in [-0.05, 0) is 35.0 Å². The molecule has 2 aromatic rings. The molecule has 1 N–H and O–H groups in total. The standard InChI is InChI=1S/C12H9BrN4O3/c1-6-10-8(5-16(11(10)18)12(19)20)15-17(6)7-2-3-9(13)14-4-7/h2-4H,5H2,1H3,(H,19,20). The van der Waals surface area contributed by atoms with Crippen molar-refractivity contribution in [2.24, 2.45) is 0 Å². The molecule has 0 unspecified atom stereocenters. The zero-order valence-electron chi connectivity index (χ0n) is 10.4. The van der Waals surface area contributed by atoms with Gasteiger partial charge in [0, 0.05) is 0 Å². The summed E-state index contributed by atoms with van der Waals surface area (Å²) in [5.41, 5.74) is 2.15. The number of hydrogen-bond acceptors (Lipinski definition) is 4. The van der Waals surface area contributed by atoms with Crippen LogP contribution in [0.4, 0.5) is 4.79 Å². The molecule has 0 bridgehead atoms. The molecule has 7 nitrogen and oxygen atoms in total. The summed E-state index contributed by atoms with van der Waals surface area (Å²) in [6.45, 7) is 1.72. The van der Waals surface area contributed by atoms with Crippen molar-refractivity contribution in [2.45, 2.75) is 13.5 Å². The third-order valence-corrected chi connectivity index (χ3v) is 3.61. The number of amides is 2. The highest BCUT2D eigenvalue weighted by atomic mass is 79.9. The van der Waals surface area contributed by atoms with Gasteiger partial charge in [-0.1, -0.05) is 0 Å². The molecule has 2 aromatic heterocycles. The molecule has 8 heteroatoms. The van der Waals surface area contributed by atoms with E-state index >= 15 is 0 Å². The molecule has 2 amide bonds. The van der Waals surface area contributed by atoms with Gasteiger partial charge < -0.3 is 5.11 Å². The highest BCUT2D eigenvalue weighted by Crippen LogP contribution is 2.27. The zero-order chi connectivity index (χ0) is 14.4. The number of nitrogens with zero attached hydrogens (tertiary/aromatic N) is 4. The van der Waals surface area contributed by atoms with Crippen LogP contribution in [0.3, 0.4) is 0 Å². The van der Waals surface area contributed by atoms with Gasteiger partial charge >= 0.3 is 6.09 Å². The third kappa shape index (κ3) is 1.80. The lowest BCUT2D eigenvalue weighted by molar-refractivity contribution is 0.0761. The molecule has 0 atom stereocenters. The number of carbonyl (C=O) groups excluding carboxylic acids is 1. The summed E-state index contributed by atoms with van der Waals surface area (Å²) in [4.78, 5) is 27.8. The molecule has 20 heavy (non-hydrogen) atoms. The second kappa shape index (κ2) is 4.41. The van der Waals surface area contributed by atoms with Crippen molar-refractivity contribution in [2.75, 3.05) is 0 Å². The summed E-state index contributed by atoms with van der Waals surface area (Å²) in [6, 6.07) is 3.58. The molecule has 3 heterocycles. The fourth-order valence-electron chi connectivity index (χ4n) is 2.21. The first-order valence-corrected chi connectivity index (χ1v) is 6.53. The van der Waals surface area contributed by atoms with Gasteiger partial charge in [0.1, 0.15) is 4.60 Å². The van der Waals surface area contributed by atoms with E-state index < -0.39 is 12.0 Å². The SMILES string of the molecule is Cc1c2c(nn1-c1ccc(Br)nc1)CN(C(=O)O)C2=O. The van der Waals surface area contributed by atoms with Crippen molar-refractivity contribution < 1.29 is 14.7 Å². The van der Waals surface area contributed by atoms with Crippen molar-refractivity contribution in [1.29, 1.82) is 0 Å². The van der Waals surface area contributed by atoms with Crippen LogP contribution in [0, 0.1) is 6.92 Å². The number of imide groups is 1. The fraction of sp³-hybridized carbons (Fsp3) is 0.167. The minimum atomic E-state index is -1.26. The van der Waals surface area contributed by atoms with Crippen molar-refractivity contribution in [1.82, 2.24) is 19.7 Å². The molecule has 0 aliphatic carbocycles. The lowest BCUT2D eigenvalue weighted by Crippen LogP contribution is -2.30. The predicted octanol–water partition coefficient (Wildman–Crippen LogP) is 1.97. The number of hydrogen-bond donors (Lipinski definition) is 1. The van der Waals surface area contributed by atoms with E-state index in [2.05, 4.69) is 26.0 Å². The molecule has 1 aliphatic rings. The molecular weight excluding hydrogens is 328 g/mol. The molecule has 102 valence electrons. The Morgan fingerprint density at radius 2 is 2.20 bits per heavy atom. The van der Waals surface area contributed by atoms with Crippen molar-refractivity contribution in [3.05, 3.63) is 39.9 Å². The van der Waals surface area contributed by atoms with E-state index in [9.17, 15) is 9.59 Å². The Morgan fingerprint density at radius 1 is 1.45 bits per heavy atom. The Hall–Kier alpha value is -2.22. The van der Waals surface area contributed by atoms with Gasteiger partial charge in [0.25, 0.3) is 5.91 Å². The van der Waals surface area contributed by atoms with Crippen LogP contribution in [0.5, 0.6) is 0 Å². The van der Waals surface area contributed by atoms with Crippen molar-refractivity contribution >= 4 is 27.9 Å². The van der Waals surface area contributed by atoms with Crippen LogP contribution < -0.4 is 0 Å². The monoisotopic (exact) mass is 336 g/mol. The third-order valence-electron chi connectivity index (χ3n) is 3.14. The molecule has 0 fully saturated rings. The van der Waals surface area contributed by atoms with Gasteiger partial charge in [-0.15, -0.1) is 0 Å². The number of rotatable bonds is 1. The second-order valence-electron chi connectivity index (χ2n) is 4.33. The van der Waals surface area contributed by atoms with Crippen molar-refractivity contribution in [3.63, 3.8) is 0 Å². The van der Waals surface area contributed by atoms with Crippen LogP contribution in [-0.2, 0) is 6.54 Å². The van der Waals surface area contributed by atoms with Gasteiger partial charge in [0.2, 0.25) is 0 Å². The normalized spacial score (nSPS) is 13.7. The van der Waals surface area contributed by atoms with E-state index in [4.69, 9.17) is 5.11 Å². The summed E-state index contributed by atoms with van der Waals surface area (Å²) >= 11 is 3.25. The highest BCUT2D eigenvalue weighted by Gasteiger charge is 2.37.